The molecule has 4 heteroatoms. The van der Waals surface area contributed by atoms with E-state index in [9.17, 15) is 4.79 Å². The Morgan fingerprint density at radius 3 is 2.50 bits per heavy atom. The van der Waals surface area contributed by atoms with Crippen LogP contribution in [0.1, 0.15) is 5.56 Å². The summed E-state index contributed by atoms with van der Waals surface area (Å²) >= 11 is 11.6. The Morgan fingerprint density at radius 2 is 1.94 bits per heavy atom. The van der Waals surface area contributed by atoms with Gasteiger partial charge in [0.25, 0.3) is 5.91 Å². The van der Waals surface area contributed by atoms with Crippen LogP contribution in [0.5, 0.6) is 0 Å². The lowest BCUT2D eigenvalue weighted by Crippen LogP contribution is -2.26. The van der Waals surface area contributed by atoms with Crippen molar-refractivity contribution < 1.29 is 4.79 Å². The first kappa shape index (κ1) is 11.5. The van der Waals surface area contributed by atoms with Gasteiger partial charge in [-0.1, -0.05) is 41.9 Å². The molecule has 0 aromatic heterocycles. The molecule has 1 aromatic carbocycles. The van der Waals surface area contributed by atoms with Gasteiger partial charge < -0.3 is 4.90 Å². The lowest BCUT2D eigenvalue weighted by Gasteiger charge is -2.16. The zero-order valence-electron chi connectivity index (χ0n) is 8.62. The highest BCUT2D eigenvalue weighted by Gasteiger charge is 2.28. The van der Waals surface area contributed by atoms with Gasteiger partial charge in [-0.25, -0.2) is 0 Å². The molecule has 0 saturated carbocycles. The van der Waals surface area contributed by atoms with Crippen LogP contribution in [0, 0.1) is 0 Å². The van der Waals surface area contributed by atoms with Gasteiger partial charge >= 0.3 is 0 Å². The van der Waals surface area contributed by atoms with Gasteiger partial charge in [-0.05, 0) is 11.1 Å². The molecule has 0 spiro atoms. The summed E-state index contributed by atoms with van der Waals surface area (Å²) in [4.78, 5) is 13.5. The molecule has 0 bridgehead atoms. The molecule has 2 rings (SSSR count). The molecule has 0 N–H and O–H groups in total. The number of carbonyl (C=O) groups excluding carboxylic acids is 1. The highest BCUT2D eigenvalue weighted by Crippen LogP contribution is 2.24. The van der Waals surface area contributed by atoms with Crippen molar-refractivity contribution in [3.05, 3.63) is 46.5 Å². The quantitative estimate of drug-likeness (QED) is 0.761. The average molecular weight is 256 g/mol. The number of hydrogen-bond acceptors (Lipinski definition) is 1. The summed E-state index contributed by atoms with van der Waals surface area (Å²) in [7, 11) is 0. The summed E-state index contributed by atoms with van der Waals surface area (Å²) in [5.41, 5.74) is 1.90. The van der Waals surface area contributed by atoms with Crippen LogP contribution in [0.4, 0.5) is 0 Å². The maximum absolute atomic E-state index is 11.8. The predicted octanol–water partition coefficient (Wildman–Crippen LogP) is 2.76. The highest BCUT2D eigenvalue weighted by atomic mass is 35.5. The normalized spacial score (nSPS) is 16.1. The third-order valence-corrected chi connectivity index (χ3v) is 3.30. The van der Waals surface area contributed by atoms with Crippen LogP contribution in [0.3, 0.4) is 0 Å². The Kier molecular flexibility index (Phi) is 3.52. The van der Waals surface area contributed by atoms with Gasteiger partial charge in [-0.2, -0.15) is 0 Å². The molecule has 2 nitrogen and oxygen atoms in total. The zero-order valence-corrected chi connectivity index (χ0v) is 10.1. The predicted molar refractivity (Wildman–Crippen MR) is 65.5 cm³/mol. The molecular formula is C12H11Cl2NO. The Hall–Kier alpha value is -0.990. The van der Waals surface area contributed by atoms with Crippen molar-refractivity contribution in [1.29, 1.82) is 0 Å². The van der Waals surface area contributed by atoms with Gasteiger partial charge in [-0.3, -0.25) is 4.79 Å². The van der Waals surface area contributed by atoms with Gasteiger partial charge in [0.1, 0.15) is 5.03 Å². The smallest absolute Gasteiger partial charge is 0.266 e. The summed E-state index contributed by atoms with van der Waals surface area (Å²) in [6, 6.07) is 9.82. The molecule has 1 amide bonds. The Morgan fingerprint density at radius 1 is 1.25 bits per heavy atom. The zero-order chi connectivity index (χ0) is 11.5. The molecule has 1 aliphatic rings. The number of hydrogen-bond donors (Lipinski definition) is 0. The van der Waals surface area contributed by atoms with Crippen molar-refractivity contribution in [2.75, 3.05) is 12.4 Å². The summed E-state index contributed by atoms with van der Waals surface area (Å²) in [5.74, 6) is 0.191. The molecule has 0 aliphatic carbocycles. The maximum atomic E-state index is 11.8. The Labute approximate surface area is 104 Å². The maximum Gasteiger partial charge on any atom is 0.266 e. The second-order valence-corrected chi connectivity index (χ2v) is 4.34. The molecule has 0 atom stereocenters. The van der Waals surface area contributed by atoms with Gasteiger partial charge in [0.15, 0.2) is 0 Å². The van der Waals surface area contributed by atoms with Crippen LogP contribution in [0.15, 0.2) is 40.9 Å². The molecule has 0 unspecified atom stereocenters. The van der Waals surface area contributed by atoms with E-state index in [1.807, 2.05) is 30.3 Å². The van der Waals surface area contributed by atoms with E-state index in [1.54, 1.807) is 4.90 Å². The minimum absolute atomic E-state index is 0.124. The largest absolute Gasteiger partial charge is 0.329 e. The molecule has 0 saturated heterocycles. The van der Waals surface area contributed by atoms with Crippen LogP contribution in [0.25, 0.3) is 0 Å². The van der Waals surface area contributed by atoms with Gasteiger partial charge in [0.2, 0.25) is 0 Å². The van der Waals surface area contributed by atoms with E-state index in [2.05, 4.69) is 0 Å². The van der Waals surface area contributed by atoms with Crippen molar-refractivity contribution in [3.63, 3.8) is 0 Å². The number of amides is 1. The summed E-state index contributed by atoms with van der Waals surface area (Å²) in [5, 5.41) is 0.283. The number of rotatable bonds is 3. The number of nitrogens with zero attached hydrogens (tertiary/aromatic N) is 1. The first-order valence-corrected chi connectivity index (χ1v) is 5.90. The van der Waals surface area contributed by atoms with E-state index in [1.165, 1.54) is 0 Å². The number of carbonyl (C=O) groups is 1. The number of benzene rings is 1. The van der Waals surface area contributed by atoms with Crippen molar-refractivity contribution in [1.82, 2.24) is 4.90 Å². The van der Waals surface area contributed by atoms with Crippen molar-refractivity contribution in [3.8, 4) is 0 Å². The highest BCUT2D eigenvalue weighted by molar-refractivity contribution is 6.43. The summed E-state index contributed by atoms with van der Waals surface area (Å²) in [6.45, 7) is 1.12. The Balaban J connectivity index is 2.08. The van der Waals surface area contributed by atoms with Crippen molar-refractivity contribution in [2.24, 2.45) is 0 Å². The SMILES string of the molecule is O=C1C(Cl)=C(CCl)CN1Cc1ccccc1. The minimum atomic E-state index is -0.124. The fourth-order valence-electron chi connectivity index (χ4n) is 1.69. The van der Waals surface area contributed by atoms with Crippen molar-refractivity contribution >= 4 is 29.1 Å². The van der Waals surface area contributed by atoms with Crippen molar-refractivity contribution in [2.45, 2.75) is 6.54 Å². The molecule has 84 valence electrons. The van der Waals surface area contributed by atoms with Crippen LogP contribution in [0.2, 0.25) is 0 Å². The number of alkyl halides is 1. The topological polar surface area (TPSA) is 20.3 Å². The van der Waals surface area contributed by atoms with E-state index in [0.29, 0.717) is 19.0 Å². The standard InChI is InChI=1S/C12H11Cl2NO/c13-6-10-8-15(12(16)11(10)14)7-9-4-2-1-3-5-9/h1-5H,6-8H2. The van der Waals surface area contributed by atoms with E-state index >= 15 is 0 Å². The molecule has 1 aliphatic heterocycles. The number of halogens is 2. The van der Waals surface area contributed by atoms with Crippen LogP contribution >= 0.6 is 23.2 Å². The van der Waals surface area contributed by atoms with Crippen LogP contribution in [-0.2, 0) is 11.3 Å². The second-order valence-electron chi connectivity index (χ2n) is 3.70. The van der Waals surface area contributed by atoms with E-state index in [-0.39, 0.29) is 10.9 Å². The second kappa shape index (κ2) is 4.89. The average Bonchev–Trinajstić information content (AvgIpc) is 2.58. The van der Waals surface area contributed by atoms with Crippen LogP contribution < -0.4 is 0 Å². The molecule has 0 radical (unpaired) electrons. The van der Waals surface area contributed by atoms with E-state index < -0.39 is 0 Å². The van der Waals surface area contributed by atoms with Gasteiger partial charge in [-0.15, -0.1) is 11.6 Å². The molecule has 16 heavy (non-hydrogen) atoms. The lowest BCUT2D eigenvalue weighted by atomic mass is 10.2. The molecule has 1 aromatic rings. The first-order valence-electron chi connectivity index (χ1n) is 4.99. The monoisotopic (exact) mass is 255 g/mol. The molecular weight excluding hydrogens is 245 g/mol. The van der Waals surface area contributed by atoms with E-state index in [0.717, 1.165) is 11.1 Å². The lowest BCUT2D eigenvalue weighted by molar-refractivity contribution is -0.125. The molecule has 0 fully saturated rings. The van der Waals surface area contributed by atoms with Gasteiger partial charge in [0, 0.05) is 19.0 Å². The summed E-state index contributed by atoms with van der Waals surface area (Å²) in [6.07, 6.45) is 0. The molecule has 1 heterocycles. The van der Waals surface area contributed by atoms with Crippen LogP contribution in [-0.4, -0.2) is 23.2 Å². The minimum Gasteiger partial charge on any atom is -0.329 e. The fraction of sp³-hybridized carbons (Fsp3) is 0.250. The third kappa shape index (κ3) is 2.23. The summed E-state index contributed by atoms with van der Waals surface area (Å²) < 4.78 is 0. The Bertz CT molecular complexity index is 428. The van der Waals surface area contributed by atoms with Gasteiger partial charge in [0.05, 0.1) is 0 Å². The third-order valence-electron chi connectivity index (χ3n) is 2.54. The first-order chi connectivity index (χ1) is 7.72. The van der Waals surface area contributed by atoms with E-state index in [4.69, 9.17) is 23.2 Å². The fourth-order valence-corrected chi connectivity index (χ4v) is 2.23.